The number of nitrogens with zero attached hydrogens (tertiary/aromatic N) is 2. The van der Waals surface area contributed by atoms with E-state index >= 15 is 0 Å². The number of carboxylic acids is 1. The molecule has 116 valence electrons. The van der Waals surface area contributed by atoms with Crippen LogP contribution in [0.5, 0.6) is 0 Å². The van der Waals surface area contributed by atoms with Gasteiger partial charge in [0.05, 0.1) is 18.3 Å². The second-order valence-electron chi connectivity index (χ2n) is 5.43. The van der Waals surface area contributed by atoms with E-state index in [-0.39, 0.29) is 18.2 Å². The van der Waals surface area contributed by atoms with E-state index in [0.717, 1.165) is 11.3 Å². The molecule has 2 N–H and O–H groups in total. The second-order valence-corrected chi connectivity index (χ2v) is 5.43. The molecule has 22 heavy (non-hydrogen) atoms. The molecular weight excluding hydrogens is 282 g/mol. The number of rotatable bonds is 6. The smallest absolute Gasteiger partial charge is 0.326 e. The van der Waals surface area contributed by atoms with Crippen LogP contribution in [0.25, 0.3) is 5.69 Å². The number of hydrogen-bond donors (Lipinski definition) is 2. The molecule has 0 aliphatic rings. The third-order valence-electron chi connectivity index (χ3n) is 3.27. The number of carbonyl (C=O) groups excluding carboxylic acids is 1. The Labute approximate surface area is 128 Å². The van der Waals surface area contributed by atoms with Gasteiger partial charge in [0.15, 0.2) is 0 Å². The lowest BCUT2D eigenvalue weighted by atomic mass is 10.0. The van der Waals surface area contributed by atoms with Crippen LogP contribution in [0.4, 0.5) is 0 Å². The lowest BCUT2D eigenvalue weighted by Crippen LogP contribution is -2.44. The summed E-state index contributed by atoms with van der Waals surface area (Å²) in [6, 6.07) is 8.68. The van der Waals surface area contributed by atoms with Crippen molar-refractivity contribution in [1.29, 1.82) is 0 Å². The maximum Gasteiger partial charge on any atom is 0.326 e. The van der Waals surface area contributed by atoms with Crippen molar-refractivity contribution < 1.29 is 14.7 Å². The van der Waals surface area contributed by atoms with E-state index in [2.05, 4.69) is 10.4 Å². The largest absolute Gasteiger partial charge is 0.480 e. The highest BCUT2D eigenvalue weighted by Crippen LogP contribution is 2.09. The van der Waals surface area contributed by atoms with Crippen molar-refractivity contribution in [2.45, 2.75) is 26.3 Å². The summed E-state index contributed by atoms with van der Waals surface area (Å²) in [6.07, 6.45) is 3.47. The Bertz CT molecular complexity index is 650. The number of aromatic nitrogens is 2. The summed E-state index contributed by atoms with van der Waals surface area (Å²) >= 11 is 0. The summed E-state index contributed by atoms with van der Waals surface area (Å²) in [5.74, 6) is -1.52. The monoisotopic (exact) mass is 301 g/mol. The summed E-state index contributed by atoms with van der Waals surface area (Å²) in [6.45, 7) is 3.51. The molecule has 0 spiro atoms. The zero-order chi connectivity index (χ0) is 16.1. The highest BCUT2D eigenvalue weighted by molar-refractivity contribution is 5.84. The van der Waals surface area contributed by atoms with Gasteiger partial charge >= 0.3 is 5.97 Å². The molecule has 0 unspecified atom stereocenters. The standard InChI is InChI=1S/C16H19N3O3/c1-11(2)15(16(21)22)18-14(20)8-12-9-17-19(10-12)13-6-4-3-5-7-13/h3-7,9-11,15H,8H2,1-2H3,(H,18,20)(H,21,22)/t15-/m1/s1. The van der Waals surface area contributed by atoms with Crippen molar-refractivity contribution in [2.75, 3.05) is 0 Å². The van der Waals surface area contributed by atoms with E-state index < -0.39 is 12.0 Å². The second kappa shape index (κ2) is 6.89. The van der Waals surface area contributed by atoms with Crippen molar-refractivity contribution in [3.8, 4) is 5.69 Å². The molecule has 1 amide bonds. The van der Waals surface area contributed by atoms with Crippen molar-refractivity contribution in [1.82, 2.24) is 15.1 Å². The summed E-state index contributed by atoms with van der Waals surface area (Å²) in [5.41, 5.74) is 1.63. The van der Waals surface area contributed by atoms with Crippen molar-refractivity contribution in [3.05, 3.63) is 48.3 Å². The molecule has 0 radical (unpaired) electrons. The minimum absolute atomic E-state index is 0.101. The number of carboxylic acid groups (broad SMARTS) is 1. The van der Waals surface area contributed by atoms with Gasteiger partial charge in [0, 0.05) is 6.20 Å². The number of para-hydroxylation sites is 1. The van der Waals surface area contributed by atoms with Gasteiger partial charge in [-0.25, -0.2) is 9.48 Å². The molecule has 6 heteroatoms. The number of nitrogens with one attached hydrogen (secondary N) is 1. The summed E-state index contributed by atoms with van der Waals surface area (Å²) in [7, 11) is 0. The van der Waals surface area contributed by atoms with E-state index in [1.165, 1.54) is 0 Å². The van der Waals surface area contributed by atoms with Gasteiger partial charge < -0.3 is 10.4 Å². The fourth-order valence-electron chi connectivity index (χ4n) is 2.10. The molecule has 0 bridgehead atoms. The molecule has 6 nitrogen and oxygen atoms in total. The molecule has 0 saturated heterocycles. The Morgan fingerprint density at radius 3 is 2.55 bits per heavy atom. The Morgan fingerprint density at radius 2 is 1.95 bits per heavy atom. The topological polar surface area (TPSA) is 84.2 Å². The zero-order valence-corrected chi connectivity index (χ0v) is 12.6. The fourth-order valence-corrected chi connectivity index (χ4v) is 2.10. The molecule has 1 heterocycles. The number of carbonyl (C=O) groups is 2. The number of benzene rings is 1. The predicted molar refractivity (Wildman–Crippen MR) is 81.7 cm³/mol. The van der Waals surface area contributed by atoms with E-state index in [1.54, 1.807) is 30.9 Å². The fraction of sp³-hybridized carbons (Fsp3) is 0.312. The molecule has 0 fully saturated rings. The quantitative estimate of drug-likeness (QED) is 0.849. The molecule has 0 aliphatic heterocycles. The number of aliphatic carboxylic acids is 1. The first kappa shape index (κ1) is 15.8. The van der Waals surface area contributed by atoms with Gasteiger partial charge in [-0.1, -0.05) is 32.0 Å². The first-order chi connectivity index (χ1) is 10.5. The maximum absolute atomic E-state index is 12.0. The highest BCUT2D eigenvalue weighted by Gasteiger charge is 2.23. The normalized spacial score (nSPS) is 12.1. The molecule has 1 aromatic heterocycles. The van der Waals surface area contributed by atoms with E-state index in [9.17, 15) is 9.59 Å². The van der Waals surface area contributed by atoms with Crippen molar-refractivity contribution >= 4 is 11.9 Å². The summed E-state index contributed by atoms with van der Waals surface area (Å²) < 4.78 is 1.68. The maximum atomic E-state index is 12.0. The van der Waals surface area contributed by atoms with E-state index in [0.29, 0.717) is 0 Å². The van der Waals surface area contributed by atoms with Crippen molar-refractivity contribution in [3.63, 3.8) is 0 Å². The molecular formula is C16H19N3O3. The third kappa shape index (κ3) is 3.94. The first-order valence-corrected chi connectivity index (χ1v) is 7.08. The lowest BCUT2D eigenvalue weighted by Gasteiger charge is -2.17. The van der Waals surface area contributed by atoms with Crippen LogP contribution < -0.4 is 5.32 Å². The molecule has 0 saturated carbocycles. The minimum atomic E-state index is -1.02. The predicted octanol–water partition coefficient (Wildman–Crippen LogP) is 1.64. The zero-order valence-electron chi connectivity index (χ0n) is 12.6. The Kier molecular flexibility index (Phi) is 4.93. The molecule has 1 atom stereocenters. The average molecular weight is 301 g/mol. The van der Waals surface area contributed by atoms with Crippen LogP contribution in [-0.2, 0) is 16.0 Å². The Morgan fingerprint density at radius 1 is 1.27 bits per heavy atom. The summed E-state index contributed by atoms with van der Waals surface area (Å²) in [5, 5.41) is 15.8. The minimum Gasteiger partial charge on any atom is -0.480 e. The van der Waals surface area contributed by atoms with Gasteiger partial charge in [0.25, 0.3) is 0 Å². The number of hydrogen-bond acceptors (Lipinski definition) is 3. The van der Waals surface area contributed by atoms with Gasteiger partial charge in [0.1, 0.15) is 6.04 Å². The van der Waals surface area contributed by atoms with E-state index in [1.807, 2.05) is 30.3 Å². The molecule has 1 aromatic carbocycles. The third-order valence-corrected chi connectivity index (χ3v) is 3.27. The van der Waals surface area contributed by atoms with Gasteiger partial charge in [-0.15, -0.1) is 0 Å². The van der Waals surface area contributed by atoms with Crippen LogP contribution >= 0.6 is 0 Å². The van der Waals surface area contributed by atoms with E-state index in [4.69, 9.17) is 5.11 Å². The van der Waals surface area contributed by atoms with Crippen molar-refractivity contribution in [2.24, 2.45) is 5.92 Å². The van der Waals surface area contributed by atoms with Crippen LogP contribution in [0.2, 0.25) is 0 Å². The summed E-state index contributed by atoms with van der Waals surface area (Å²) in [4.78, 5) is 23.1. The van der Waals surface area contributed by atoms with Crippen LogP contribution in [0.1, 0.15) is 19.4 Å². The van der Waals surface area contributed by atoms with Gasteiger partial charge in [-0.2, -0.15) is 5.10 Å². The molecule has 2 aromatic rings. The number of amides is 1. The highest BCUT2D eigenvalue weighted by atomic mass is 16.4. The van der Waals surface area contributed by atoms with Gasteiger partial charge in [0.2, 0.25) is 5.91 Å². The first-order valence-electron chi connectivity index (χ1n) is 7.08. The van der Waals surface area contributed by atoms with Gasteiger partial charge in [-0.3, -0.25) is 4.79 Å². The molecule has 2 rings (SSSR count). The Balaban J connectivity index is 2.01. The lowest BCUT2D eigenvalue weighted by molar-refractivity contribution is -0.143. The average Bonchev–Trinajstić information content (AvgIpc) is 2.93. The SMILES string of the molecule is CC(C)[C@@H](NC(=O)Cc1cnn(-c2ccccc2)c1)C(=O)O. The molecule has 0 aliphatic carbocycles. The van der Waals surface area contributed by atoms with Crippen LogP contribution in [-0.4, -0.2) is 32.8 Å². The van der Waals surface area contributed by atoms with Crippen LogP contribution in [0.15, 0.2) is 42.7 Å². The van der Waals surface area contributed by atoms with Crippen LogP contribution in [0, 0.1) is 5.92 Å². The Hall–Kier alpha value is -2.63. The van der Waals surface area contributed by atoms with Gasteiger partial charge in [-0.05, 0) is 23.6 Å². The van der Waals surface area contributed by atoms with Crippen LogP contribution in [0.3, 0.4) is 0 Å².